The Kier molecular flexibility index (Phi) is 4.90. The minimum absolute atomic E-state index is 0.0194. The molecule has 0 aromatic carbocycles. The number of carbonyl (C=O) groups is 2. The van der Waals surface area contributed by atoms with Crippen molar-refractivity contribution in [3.8, 4) is 0 Å². The van der Waals surface area contributed by atoms with E-state index in [0.29, 0.717) is 44.3 Å². The van der Waals surface area contributed by atoms with Crippen molar-refractivity contribution in [2.24, 2.45) is 46.3 Å². The van der Waals surface area contributed by atoms with E-state index in [-0.39, 0.29) is 23.9 Å². The Hall–Kier alpha value is -1.36. The molecule has 6 fully saturated rings. The molecular weight excluding hydrogens is 404 g/mol. The molecule has 6 aliphatic carbocycles. The molecule has 1 aromatic rings. The van der Waals surface area contributed by atoms with E-state index in [2.05, 4.69) is 52.2 Å². The summed E-state index contributed by atoms with van der Waals surface area (Å²) in [7, 11) is 0. The van der Waals surface area contributed by atoms with Crippen molar-refractivity contribution in [1.29, 1.82) is 0 Å². The monoisotopic (exact) mass is 442 g/mol. The van der Waals surface area contributed by atoms with Gasteiger partial charge >= 0.3 is 0 Å². The molecule has 6 aliphatic rings. The van der Waals surface area contributed by atoms with Crippen molar-refractivity contribution >= 4 is 23.2 Å². The fraction of sp³-hybridized carbons (Fsp3) is 0.769. The third-order valence-electron chi connectivity index (χ3n) is 10.4. The van der Waals surface area contributed by atoms with Gasteiger partial charge in [-0.1, -0.05) is 41.5 Å². The quantitative estimate of drug-likeness (QED) is 0.660. The molecule has 2 N–H and O–H groups in total. The molecule has 5 heteroatoms. The number of hydrogen-bond acceptors (Lipinski definition) is 3. The van der Waals surface area contributed by atoms with Crippen LogP contribution in [0.3, 0.4) is 0 Å². The second-order valence-electron chi connectivity index (χ2n) is 12.2. The van der Waals surface area contributed by atoms with Gasteiger partial charge in [0.2, 0.25) is 0 Å². The van der Waals surface area contributed by atoms with E-state index in [0.717, 1.165) is 24.7 Å². The van der Waals surface area contributed by atoms with E-state index >= 15 is 0 Å². The maximum atomic E-state index is 12.9. The van der Waals surface area contributed by atoms with Crippen molar-refractivity contribution in [3.63, 3.8) is 0 Å². The third-order valence-corrected chi connectivity index (χ3v) is 11.5. The van der Waals surface area contributed by atoms with Gasteiger partial charge in [-0.15, -0.1) is 11.3 Å². The lowest BCUT2D eigenvalue weighted by molar-refractivity contribution is -0.113. The molecule has 7 rings (SSSR count). The van der Waals surface area contributed by atoms with Gasteiger partial charge in [-0.05, 0) is 84.2 Å². The lowest BCUT2D eigenvalue weighted by Gasteiger charge is -2.62. The first kappa shape index (κ1) is 21.5. The van der Waals surface area contributed by atoms with Crippen molar-refractivity contribution in [1.82, 2.24) is 10.6 Å². The Balaban J connectivity index is 1.19. The number of fused-ring (bicyclic) bond motifs is 4. The molecule has 0 unspecified atom stereocenters. The molecule has 6 saturated carbocycles. The molecule has 0 aliphatic heterocycles. The number of rotatable bonds is 4. The highest BCUT2D eigenvalue weighted by Gasteiger charge is 2.57. The summed E-state index contributed by atoms with van der Waals surface area (Å²) in [6.45, 7) is 14.1. The van der Waals surface area contributed by atoms with Gasteiger partial charge in [-0.3, -0.25) is 9.59 Å². The Labute approximate surface area is 190 Å². The highest BCUT2D eigenvalue weighted by atomic mass is 32.1. The van der Waals surface area contributed by atoms with Crippen LogP contribution in [-0.4, -0.2) is 23.9 Å². The van der Waals surface area contributed by atoms with Crippen molar-refractivity contribution in [2.45, 2.75) is 79.3 Å². The summed E-state index contributed by atoms with van der Waals surface area (Å²) in [5, 5.41) is 6.57. The fourth-order valence-corrected chi connectivity index (χ4v) is 8.55. The van der Waals surface area contributed by atoms with Crippen molar-refractivity contribution in [2.75, 3.05) is 0 Å². The standard InChI is InChI=1S/C26H38N2O2S/c1-13-17-9-15(25(17,3)4)11-19(13)27-23(29)21-7-8-22(31-21)24(30)28-20-12-16-10-18(14(20)2)26(16,5)6/h7-8,13-20H,9-12H2,1-6H3,(H,27,29)(H,28,30)/t13-,14-,15+,16+,17-,18-,19-,20-/m0/s1. The second kappa shape index (κ2) is 7.07. The number of amides is 2. The zero-order valence-corrected chi connectivity index (χ0v) is 20.6. The molecule has 0 saturated heterocycles. The average molecular weight is 443 g/mol. The maximum absolute atomic E-state index is 12.9. The van der Waals surface area contributed by atoms with E-state index in [1.165, 1.54) is 24.2 Å². The molecule has 8 atom stereocenters. The van der Waals surface area contributed by atoms with Gasteiger partial charge in [-0.2, -0.15) is 0 Å². The summed E-state index contributed by atoms with van der Waals surface area (Å²) >= 11 is 1.33. The molecular formula is C26H38N2O2S. The SMILES string of the molecule is C[C@@H]1[C@@H](NC(=O)c2ccc(C(=O)N[C@H]3C[C@H]4C[C@@H]([C@@H]3C)C4(C)C)s2)C[C@H]2C[C@@H]1C2(C)C. The first-order chi connectivity index (χ1) is 14.5. The number of carbonyl (C=O) groups excluding carboxylic acids is 2. The molecule has 31 heavy (non-hydrogen) atoms. The summed E-state index contributed by atoms with van der Waals surface area (Å²) in [5.74, 6) is 3.83. The number of nitrogens with one attached hydrogen (secondary N) is 2. The topological polar surface area (TPSA) is 58.2 Å². The van der Waals surface area contributed by atoms with Gasteiger partial charge in [0.05, 0.1) is 9.75 Å². The summed E-state index contributed by atoms with van der Waals surface area (Å²) in [4.78, 5) is 27.1. The van der Waals surface area contributed by atoms with Crippen LogP contribution >= 0.6 is 11.3 Å². The Bertz CT molecular complexity index is 832. The van der Waals surface area contributed by atoms with Crippen LogP contribution in [0.2, 0.25) is 0 Å². The lowest BCUT2D eigenvalue weighted by Crippen LogP contribution is -2.60. The molecule has 1 aromatic heterocycles. The summed E-state index contributed by atoms with van der Waals surface area (Å²) in [6.07, 6.45) is 4.77. The first-order valence-corrected chi connectivity index (χ1v) is 13.0. The fourth-order valence-electron chi connectivity index (χ4n) is 7.74. The predicted molar refractivity (Wildman–Crippen MR) is 125 cm³/mol. The average Bonchev–Trinajstić information content (AvgIpc) is 3.20. The summed E-state index contributed by atoms with van der Waals surface area (Å²) in [5.41, 5.74) is 0.835. The largest absolute Gasteiger partial charge is 0.348 e. The predicted octanol–water partition coefficient (Wildman–Crippen LogP) is 5.35. The van der Waals surface area contributed by atoms with E-state index in [1.807, 2.05) is 12.1 Å². The molecule has 2 amide bonds. The summed E-state index contributed by atoms with van der Waals surface area (Å²) < 4.78 is 0. The van der Waals surface area contributed by atoms with E-state index in [4.69, 9.17) is 0 Å². The number of hydrogen-bond donors (Lipinski definition) is 2. The van der Waals surface area contributed by atoms with Gasteiger partial charge in [0.25, 0.3) is 11.8 Å². The lowest BCUT2D eigenvalue weighted by atomic mass is 9.45. The van der Waals surface area contributed by atoms with E-state index in [1.54, 1.807) is 0 Å². The van der Waals surface area contributed by atoms with Crippen LogP contribution in [-0.2, 0) is 0 Å². The van der Waals surface area contributed by atoms with E-state index < -0.39 is 0 Å². The van der Waals surface area contributed by atoms with Gasteiger partial charge in [0, 0.05) is 12.1 Å². The van der Waals surface area contributed by atoms with Crippen LogP contribution in [0.5, 0.6) is 0 Å². The Morgan fingerprint density at radius 2 is 1.16 bits per heavy atom. The molecule has 0 spiro atoms. The normalized spacial score (nSPS) is 41.5. The molecule has 1 heterocycles. The zero-order chi connectivity index (χ0) is 22.3. The van der Waals surface area contributed by atoms with Crippen LogP contribution in [0.4, 0.5) is 0 Å². The van der Waals surface area contributed by atoms with Gasteiger partial charge < -0.3 is 10.6 Å². The minimum Gasteiger partial charge on any atom is -0.348 e. The highest BCUT2D eigenvalue weighted by molar-refractivity contribution is 7.15. The first-order valence-electron chi connectivity index (χ1n) is 12.2. The van der Waals surface area contributed by atoms with Crippen LogP contribution in [0.15, 0.2) is 12.1 Å². The zero-order valence-electron chi connectivity index (χ0n) is 19.8. The molecule has 0 radical (unpaired) electrons. The van der Waals surface area contributed by atoms with Crippen LogP contribution < -0.4 is 10.6 Å². The van der Waals surface area contributed by atoms with Gasteiger partial charge in [0.1, 0.15) is 0 Å². The van der Waals surface area contributed by atoms with Crippen LogP contribution in [0.25, 0.3) is 0 Å². The van der Waals surface area contributed by atoms with Crippen LogP contribution in [0.1, 0.15) is 86.6 Å². The molecule has 4 bridgehead atoms. The Morgan fingerprint density at radius 1 is 0.774 bits per heavy atom. The van der Waals surface area contributed by atoms with E-state index in [9.17, 15) is 9.59 Å². The van der Waals surface area contributed by atoms with Crippen molar-refractivity contribution in [3.05, 3.63) is 21.9 Å². The smallest absolute Gasteiger partial charge is 0.261 e. The highest BCUT2D eigenvalue weighted by Crippen LogP contribution is 2.62. The Morgan fingerprint density at radius 3 is 1.48 bits per heavy atom. The van der Waals surface area contributed by atoms with Crippen LogP contribution in [0, 0.1) is 46.3 Å². The summed E-state index contributed by atoms with van der Waals surface area (Å²) in [6, 6.07) is 4.14. The van der Waals surface area contributed by atoms with Gasteiger partial charge in [0.15, 0.2) is 0 Å². The third kappa shape index (κ3) is 3.20. The minimum atomic E-state index is -0.0194. The molecule has 4 nitrogen and oxygen atoms in total. The van der Waals surface area contributed by atoms with Crippen molar-refractivity contribution < 1.29 is 9.59 Å². The maximum Gasteiger partial charge on any atom is 0.261 e. The van der Waals surface area contributed by atoms with Gasteiger partial charge in [-0.25, -0.2) is 0 Å². The number of thiophene rings is 1. The second-order valence-corrected chi connectivity index (χ2v) is 13.3. The molecule has 170 valence electrons.